The van der Waals surface area contributed by atoms with Crippen molar-refractivity contribution in [3.8, 4) is 39.3 Å². The van der Waals surface area contributed by atoms with Gasteiger partial charge in [0.25, 0.3) is 0 Å². The Labute approximate surface area is 321 Å². The van der Waals surface area contributed by atoms with Gasteiger partial charge in [-0.3, -0.25) is 4.57 Å². The first kappa shape index (κ1) is 32.3. The minimum absolute atomic E-state index is 0.0308. The van der Waals surface area contributed by atoms with Crippen LogP contribution in [-0.2, 0) is 16.2 Å². The summed E-state index contributed by atoms with van der Waals surface area (Å²) in [5.41, 5.74) is 18.4. The maximum atomic E-state index is 6.90. The van der Waals surface area contributed by atoms with Crippen LogP contribution in [0.2, 0.25) is 0 Å². The molecule has 2 aromatic heterocycles. The van der Waals surface area contributed by atoms with Crippen molar-refractivity contribution in [2.75, 3.05) is 0 Å². The summed E-state index contributed by atoms with van der Waals surface area (Å²) in [4.78, 5) is 5.35. The van der Waals surface area contributed by atoms with Crippen LogP contribution in [0, 0.1) is 0 Å². The molecule has 0 atom stereocenters. The molecule has 0 unspecified atom stereocenters. The van der Waals surface area contributed by atoms with Crippen LogP contribution in [0.1, 0.15) is 74.9 Å². The molecule has 3 heteroatoms. The summed E-state index contributed by atoms with van der Waals surface area (Å²) < 4.78 is 9.22. The van der Waals surface area contributed by atoms with E-state index in [0.29, 0.717) is 0 Å². The molecule has 9 aromatic rings. The monoisotopic (exact) mass is 710 g/mol. The molecule has 55 heavy (non-hydrogen) atoms. The van der Waals surface area contributed by atoms with Gasteiger partial charge in [0, 0.05) is 27.6 Å². The minimum Gasteiger partial charge on any atom is -0.455 e. The molecule has 2 aliphatic carbocycles. The molecule has 0 saturated heterocycles. The fourth-order valence-corrected chi connectivity index (χ4v) is 9.62. The van der Waals surface area contributed by atoms with Crippen LogP contribution in [0.5, 0.6) is 0 Å². The predicted octanol–water partition coefficient (Wildman–Crippen LogP) is 13.5. The van der Waals surface area contributed by atoms with E-state index in [1.54, 1.807) is 0 Å². The number of furan rings is 1. The molecule has 3 nitrogen and oxygen atoms in total. The molecule has 2 heterocycles. The van der Waals surface area contributed by atoms with E-state index in [4.69, 9.17) is 9.40 Å². The van der Waals surface area contributed by atoms with E-state index in [1.165, 1.54) is 55.6 Å². The van der Waals surface area contributed by atoms with Gasteiger partial charge in [0.15, 0.2) is 0 Å². The van der Waals surface area contributed by atoms with E-state index in [9.17, 15) is 0 Å². The van der Waals surface area contributed by atoms with Crippen LogP contribution in [0.4, 0.5) is 0 Å². The lowest BCUT2D eigenvalue weighted by Gasteiger charge is -2.33. The third-order valence-corrected chi connectivity index (χ3v) is 12.3. The number of rotatable bonds is 2. The van der Waals surface area contributed by atoms with Crippen LogP contribution in [0.25, 0.3) is 72.3 Å². The maximum absolute atomic E-state index is 6.90. The fraction of sp³-hybridized carbons (Fsp3) is 0.173. The Hall–Kier alpha value is -6.19. The second kappa shape index (κ2) is 11.0. The molecule has 0 radical (unpaired) electrons. The zero-order chi connectivity index (χ0) is 37.4. The Bertz CT molecular complexity index is 2990. The molecule has 2 aliphatic rings. The molecule has 0 N–H and O–H groups in total. The van der Waals surface area contributed by atoms with E-state index < -0.39 is 5.41 Å². The van der Waals surface area contributed by atoms with Crippen molar-refractivity contribution in [2.45, 2.75) is 57.8 Å². The van der Waals surface area contributed by atoms with Crippen molar-refractivity contribution in [1.29, 1.82) is 0 Å². The van der Waals surface area contributed by atoms with Gasteiger partial charge in [0.1, 0.15) is 17.0 Å². The number of fused-ring (bicyclic) bond motifs is 15. The quantitative estimate of drug-likeness (QED) is 0.179. The number of aromatic nitrogens is 2. The Morgan fingerprint density at radius 1 is 0.527 bits per heavy atom. The Kier molecular flexibility index (Phi) is 6.42. The zero-order valence-electron chi connectivity index (χ0n) is 32.2. The van der Waals surface area contributed by atoms with Crippen molar-refractivity contribution in [3.05, 3.63) is 179 Å². The number of hydrogen-bond acceptors (Lipinski definition) is 2. The van der Waals surface area contributed by atoms with Gasteiger partial charge in [0.2, 0.25) is 0 Å². The largest absolute Gasteiger partial charge is 0.455 e. The summed E-state index contributed by atoms with van der Waals surface area (Å²) in [6, 6.07) is 53.8. The molecule has 0 fully saturated rings. The molecule has 7 aromatic carbocycles. The molecule has 0 bridgehead atoms. The van der Waals surface area contributed by atoms with Gasteiger partial charge in [-0.25, -0.2) is 4.98 Å². The highest BCUT2D eigenvalue weighted by atomic mass is 16.3. The SMILES string of the molecule is CC(C)(C)c1ccc2c(c1)C1(c3cc(C(C)(C)C)ccc3-2)c2cc(-c3nc4ccccc4n3-c3ccccc3)ccc2-c2c1ccc1c2oc2ccccc21. The van der Waals surface area contributed by atoms with Gasteiger partial charge < -0.3 is 4.42 Å². The Morgan fingerprint density at radius 3 is 1.85 bits per heavy atom. The van der Waals surface area contributed by atoms with Crippen LogP contribution < -0.4 is 0 Å². The van der Waals surface area contributed by atoms with E-state index in [0.717, 1.165) is 50.0 Å². The molecular formula is C52H42N2O. The summed E-state index contributed by atoms with van der Waals surface area (Å²) >= 11 is 0. The van der Waals surface area contributed by atoms with Crippen LogP contribution in [0.15, 0.2) is 150 Å². The smallest absolute Gasteiger partial charge is 0.145 e. The summed E-state index contributed by atoms with van der Waals surface area (Å²) in [5, 5.41) is 2.30. The molecule has 266 valence electrons. The molecule has 1 spiro atoms. The van der Waals surface area contributed by atoms with Crippen molar-refractivity contribution in [1.82, 2.24) is 9.55 Å². The van der Waals surface area contributed by atoms with E-state index in [1.807, 2.05) is 0 Å². The first-order valence-corrected chi connectivity index (χ1v) is 19.5. The first-order valence-electron chi connectivity index (χ1n) is 19.5. The van der Waals surface area contributed by atoms with Crippen molar-refractivity contribution in [3.63, 3.8) is 0 Å². The van der Waals surface area contributed by atoms with Gasteiger partial charge in [0.05, 0.1) is 16.4 Å². The van der Waals surface area contributed by atoms with E-state index >= 15 is 0 Å². The average Bonchev–Trinajstić information content (AvgIpc) is 3.92. The number of nitrogens with zero attached hydrogens (tertiary/aromatic N) is 2. The van der Waals surface area contributed by atoms with Gasteiger partial charge in [-0.05, 0) is 97.3 Å². The molecule has 0 aliphatic heterocycles. The van der Waals surface area contributed by atoms with Crippen LogP contribution >= 0.6 is 0 Å². The second-order valence-electron chi connectivity index (χ2n) is 17.6. The number of hydrogen-bond donors (Lipinski definition) is 0. The highest BCUT2D eigenvalue weighted by molar-refractivity contribution is 6.13. The topological polar surface area (TPSA) is 31.0 Å². The minimum atomic E-state index is -0.579. The standard InChI is InChI=1S/C52H42N2O/c1-50(2,3)32-21-24-35-36-25-22-33(51(4,5)6)30-43(36)52(42(35)29-32)40-27-26-38-37-16-10-13-19-46(37)55-48(38)47(40)39-23-20-31(28-41(39)52)49-53-44-17-11-12-18-45(44)54(49)34-14-8-7-9-15-34/h7-30H,1-6H3. The molecule has 11 rings (SSSR count). The second-order valence-corrected chi connectivity index (χ2v) is 17.6. The van der Waals surface area contributed by atoms with Crippen molar-refractivity contribution < 1.29 is 4.42 Å². The van der Waals surface area contributed by atoms with E-state index in [2.05, 4.69) is 192 Å². The predicted molar refractivity (Wildman–Crippen MR) is 227 cm³/mol. The van der Waals surface area contributed by atoms with Crippen LogP contribution in [0.3, 0.4) is 0 Å². The Balaban J connectivity index is 1.30. The highest BCUT2D eigenvalue weighted by Crippen LogP contribution is 2.65. The normalized spacial score (nSPS) is 14.1. The summed E-state index contributed by atoms with van der Waals surface area (Å²) in [7, 11) is 0. The van der Waals surface area contributed by atoms with Gasteiger partial charge in [-0.1, -0.05) is 151 Å². The number of para-hydroxylation sites is 4. The summed E-state index contributed by atoms with van der Waals surface area (Å²) in [6.45, 7) is 13.9. The maximum Gasteiger partial charge on any atom is 0.145 e. The number of imidazole rings is 1. The number of benzene rings is 7. The third kappa shape index (κ3) is 4.35. The van der Waals surface area contributed by atoms with Gasteiger partial charge in [-0.2, -0.15) is 0 Å². The molecule has 0 amide bonds. The zero-order valence-corrected chi connectivity index (χ0v) is 32.2. The van der Waals surface area contributed by atoms with E-state index in [-0.39, 0.29) is 10.8 Å². The van der Waals surface area contributed by atoms with Gasteiger partial charge in [-0.15, -0.1) is 0 Å². The lowest BCUT2D eigenvalue weighted by Crippen LogP contribution is -2.27. The van der Waals surface area contributed by atoms with Crippen molar-refractivity contribution >= 4 is 33.0 Å². The lowest BCUT2D eigenvalue weighted by atomic mass is 9.68. The lowest BCUT2D eigenvalue weighted by molar-refractivity contribution is 0.586. The Morgan fingerprint density at radius 2 is 1.15 bits per heavy atom. The molecule has 0 saturated carbocycles. The van der Waals surface area contributed by atoms with Crippen LogP contribution in [-0.4, -0.2) is 9.55 Å². The third-order valence-electron chi connectivity index (χ3n) is 12.3. The average molecular weight is 711 g/mol. The summed E-state index contributed by atoms with van der Waals surface area (Å²) in [6.07, 6.45) is 0. The van der Waals surface area contributed by atoms with Crippen molar-refractivity contribution in [2.24, 2.45) is 0 Å². The highest BCUT2D eigenvalue weighted by Gasteiger charge is 2.53. The molecular weight excluding hydrogens is 669 g/mol. The van der Waals surface area contributed by atoms with Gasteiger partial charge >= 0.3 is 0 Å². The fourth-order valence-electron chi connectivity index (χ4n) is 9.62. The first-order chi connectivity index (χ1) is 26.5. The summed E-state index contributed by atoms with van der Waals surface area (Å²) in [5.74, 6) is 0.931.